The number of fused-ring (bicyclic) bond motifs is 1. The van der Waals surface area contributed by atoms with Crippen LogP contribution in [0.1, 0.15) is 12.5 Å². The van der Waals surface area contributed by atoms with Gasteiger partial charge in [0.1, 0.15) is 5.54 Å². The fourth-order valence-electron chi connectivity index (χ4n) is 4.36. The molecule has 3 aliphatic heterocycles. The minimum absolute atomic E-state index is 0.202. The monoisotopic (exact) mass is 423 g/mol. The molecule has 2 fully saturated rings. The molecule has 162 valence electrons. The number of nitrogens with zero attached hydrogens (tertiary/aromatic N) is 4. The molecular formula is C22H25N5O4. The molecule has 9 nitrogen and oxygen atoms in total. The summed E-state index contributed by atoms with van der Waals surface area (Å²) in [5.41, 5.74) is 1.07. The molecule has 0 aliphatic carbocycles. The van der Waals surface area contributed by atoms with Crippen LogP contribution in [0, 0.1) is 0 Å². The van der Waals surface area contributed by atoms with Gasteiger partial charge in [0.2, 0.25) is 6.79 Å². The van der Waals surface area contributed by atoms with E-state index in [2.05, 4.69) is 20.1 Å². The van der Waals surface area contributed by atoms with Gasteiger partial charge < -0.3 is 19.7 Å². The molecule has 31 heavy (non-hydrogen) atoms. The molecule has 3 aliphatic rings. The number of urea groups is 1. The lowest BCUT2D eigenvalue weighted by Gasteiger charge is -2.37. The van der Waals surface area contributed by atoms with E-state index >= 15 is 0 Å². The Morgan fingerprint density at radius 2 is 1.77 bits per heavy atom. The Hall–Kier alpha value is -3.33. The van der Waals surface area contributed by atoms with E-state index in [-0.39, 0.29) is 18.7 Å². The molecule has 0 bridgehead atoms. The van der Waals surface area contributed by atoms with E-state index in [9.17, 15) is 9.59 Å². The van der Waals surface area contributed by atoms with E-state index in [1.165, 1.54) is 4.90 Å². The van der Waals surface area contributed by atoms with Gasteiger partial charge in [0.05, 0.1) is 6.67 Å². The average Bonchev–Trinajstić information content (AvgIpc) is 3.33. The van der Waals surface area contributed by atoms with E-state index in [4.69, 9.17) is 9.47 Å². The number of amides is 3. The molecule has 1 aromatic carbocycles. The minimum atomic E-state index is -0.982. The van der Waals surface area contributed by atoms with Crippen molar-refractivity contribution in [1.29, 1.82) is 0 Å². The molecule has 5 rings (SSSR count). The zero-order valence-electron chi connectivity index (χ0n) is 17.4. The predicted molar refractivity (Wildman–Crippen MR) is 113 cm³/mol. The smallest absolute Gasteiger partial charge is 0.326 e. The maximum atomic E-state index is 13.2. The topological polar surface area (TPSA) is 87.2 Å². The number of pyridine rings is 1. The number of benzene rings is 1. The fraction of sp³-hybridized carbons (Fsp3) is 0.409. The van der Waals surface area contributed by atoms with Crippen LogP contribution in [0.25, 0.3) is 0 Å². The molecule has 0 radical (unpaired) electrons. The normalized spacial score (nSPS) is 23.4. The third-order valence-electron chi connectivity index (χ3n) is 6.08. The van der Waals surface area contributed by atoms with Crippen LogP contribution >= 0.6 is 0 Å². The van der Waals surface area contributed by atoms with Crippen molar-refractivity contribution >= 4 is 17.6 Å². The quantitative estimate of drug-likeness (QED) is 0.729. The summed E-state index contributed by atoms with van der Waals surface area (Å²) in [7, 11) is 0. The van der Waals surface area contributed by atoms with Crippen LogP contribution in [0.2, 0.25) is 0 Å². The van der Waals surface area contributed by atoms with Gasteiger partial charge in [-0.25, -0.2) is 9.69 Å². The van der Waals surface area contributed by atoms with Gasteiger partial charge in [-0.2, -0.15) is 0 Å². The molecular weight excluding hydrogens is 398 g/mol. The van der Waals surface area contributed by atoms with Crippen molar-refractivity contribution in [3.63, 3.8) is 0 Å². The molecule has 2 aromatic rings. The van der Waals surface area contributed by atoms with Crippen LogP contribution in [-0.2, 0) is 11.2 Å². The van der Waals surface area contributed by atoms with Gasteiger partial charge in [0.25, 0.3) is 5.91 Å². The Morgan fingerprint density at radius 1 is 1.03 bits per heavy atom. The largest absolute Gasteiger partial charge is 0.454 e. The molecule has 1 N–H and O–H groups in total. The van der Waals surface area contributed by atoms with Crippen LogP contribution in [0.3, 0.4) is 0 Å². The molecule has 1 atom stereocenters. The lowest BCUT2D eigenvalue weighted by atomic mass is 9.92. The number of imide groups is 1. The summed E-state index contributed by atoms with van der Waals surface area (Å²) in [6.07, 6.45) is 3.96. The standard InChI is InChI=1S/C22H25N5O4/c1-22(13-16-2-3-18-19(12-16)31-15-30-18)20(28)27(21(29)24-22)14-25-8-10-26(11-9-25)17-4-6-23-7-5-17/h2-7,12H,8-11,13-15H2,1H3,(H,24,29)/t22-/m1/s1. The van der Waals surface area contributed by atoms with Gasteiger partial charge >= 0.3 is 6.03 Å². The second-order valence-electron chi connectivity index (χ2n) is 8.31. The lowest BCUT2D eigenvalue weighted by Crippen LogP contribution is -2.52. The van der Waals surface area contributed by atoms with Crippen molar-refractivity contribution in [2.75, 3.05) is 44.5 Å². The second kappa shape index (κ2) is 7.73. The first-order chi connectivity index (χ1) is 15.0. The predicted octanol–water partition coefficient (Wildman–Crippen LogP) is 1.44. The van der Waals surface area contributed by atoms with E-state index in [1.54, 1.807) is 19.3 Å². The third kappa shape index (κ3) is 3.76. The number of ether oxygens (including phenoxy) is 2. The Balaban J connectivity index is 1.21. The zero-order valence-corrected chi connectivity index (χ0v) is 17.4. The van der Waals surface area contributed by atoms with Crippen LogP contribution in [0.5, 0.6) is 11.5 Å². The van der Waals surface area contributed by atoms with Crippen molar-refractivity contribution in [3.8, 4) is 11.5 Å². The number of piperazine rings is 1. The maximum absolute atomic E-state index is 13.2. The van der Waals surface area contributed by atoms with E-state index in [0.717, 1.165) is 37.4 Å². The number of hydrogen-bond acceptors (Lipinski definition) is 7. The SMILES string of the molecule is C[C@]1(Cc2ccc3c(c2)OCO3)NC(=O)N(CN2CCN(c3ccncc3)CC2)C1=O. The highest BCUT2D eigenvalue weighted by molar-refractivity contribution is 6.06. The highest BCUT2D eigenvalue weighted by atomic mass is 16.7. The van der Waals surface area contributed by atoms with Gasteiger partial charge in [-0.1, -0.05) is 6.07 Å². The van der Waals surface area contributed by atoms with Crippen LogP contribution < -0.4 is 19.7 Å². The molecule has 2 saturated heterocycles. The van der Waals surface area contributed by atoms with Crippen molar-refractivity contribution in [3.05, 3.63) is 48.3 Å². The number of nitrogens with one attached hydrogen (secondary N) is 1. The number of carbonyl (C=O) groups is 2. The highest BCUT2D eigenvalue weighted by Crippen LogP contribution is 2.34. The molecule has 1 aromatic heterocycles. The van der Waals surface area contributed by atoms with Crippen molar-refractivity contribution in [1.82, 2.24) is 20.1 Å². The summed E-state index contributed by atoms with van der Waals surface area (Å²) >= 11 is 0. The van der Waals surface area contributed by atoms with Gasteiger partial charge in [-0.15, -0.1) is 0 Å². The molecule has 0 saturated carbocycles. The Morgan fingerprint density at radius 3 is 2.55 bits per heavy atom. The summed E-state index contributed by atoms with van der Waals surface area (Å²) < 4.78 is 10.8. The van der Waals surface area contributed by atoms with Gasteiger partial charge in [0.15, 0.2) is 11.5 Å². The molecule has 9 heteroatoms. The van der Waals surface area contributed by atoms with E-state index < -0.39 is 5.54 Å². The summed E-state index contributed by atoms with van der Waals surface area (Å²) in [4.78, 5) is 35.6. The minimum Gasteiger partial charge on any atom is -0.454 e. The first kappa shape index (κ1) is 19.6. The average molecular weight is 423 g/mol. The number of carbonyl (C=O) groups excluding carboxylic acids is 2. The summed E-state index contributed by atoms with van der Waals surface area (Å²) in [5.74, 6) is 1.16. The van der Waals surface area contributed by atoms with Crippen molar-refractivity contribution < 1.29 is 19.1 Å². The summed E-state index contributed by atoms with van der Waals surface area (Å²) in [5, 5.41) is 2.89. The van der Waals surface area contributed by atoms with Gasteiger partial charge in [-0.05, 0) is 36.8 Å². The fourth-order valence-corrected chi connectivity index (χ4v) is 4.36. The molecule has 4 heterocycles. The van der Waals surface area contributed by atoms with Gasteiger partial charge in [-0.3, -0.25) is 14.7 Å². The maximum Gasteiger partial charge on any atom is 0.326 e. The highest BCUT2D eigenvalue weighted by Gasteiger charge is 2.48. The summed E-state index contributed by atoms with van der Waals surface area (Å²) in [6, 6.07) is 9.25. The van der Waals surface area contributed by atoms with Gasteiger partial charge in [0, 0.05) is 50.7 Å². The third-order valence-corrected chi connectivity index (χ3v) is 6.08. The second-order valence-corrected chi connectivity index (χ2v) is 8.31. The van der Waals surface area contributed by atoms with Crippen molar-refractivity contribution in [2.45, 2.75) is 18.9 Å². The summed E-state index contributed by atoms with van der Waals surface area (Å²) in [6.45, 7) is 5.50. The first-order valence-corrected chi connectivity index (χ1v) is 10.4. The Kier molecular flexibility index (Phi) is 4.90. The van der Waals surface area contributed by atoms with E-state index in [1.807, 2.05) is 30.3 Å². The first-order valence-electron chi connectivity index (χ1n) is 10.4. The lowest BCUT2D eigenvalue weighted by molar-refractivity contribution is -0.132. The van der Waals surface area contributed by atoms with Crippen LogP contribution in [0.4, 0.5) is 10.5 Å². The number of anilines is 1. The number of rotatable bonds is 5. The zero-order chi connectivity index (χ0) is 21.4. The Bertz CT molecular complexity index is 993. The molecule has 3 amide bonds. The molecule has 0 unspecified atom stereocenters. The van der Waals surface area contributed by atoms with Crippen LogP contribution in [0.15, 0.2) is 42.7 Å². The number of aromatic nitrogens is 1. The van der Waals surface area contributed by atoms with Crippen LogP contribution in [-0.4, -0.2) is 71.9 Å². The number of hydrogen-bond donors (Lipinski definition) is 1. The van der Waals surface area contributed by atoms with E-state index in [0.29, 0.717) is 24.6 Å². The van der Waals surface area contributed by atoms with Crippen molar-refractivity contribution in [2.24, 2.45) is 0 Å². The molecule has 0 spiro atoms. The Labute approximate surface area is 180 Å².